The molecule has 0 aliphatic carbocycles. The van der Waals surface area contributed by atoms with E-state index in [0.717, 1.165) is 22.3 Å². The summed E-state index contributed by atoms with van der Waals surface area (Å²) in [5.74, 6) is -5.42. The molecule has 1 saturated heterocycles. The Morgan fingerprint density at radius 3 is 2.60 bits per heavy atom. The molecule has 1 fully saturated rings. The number of hydrogen-bond acceptors (Lipinski definition) is 18. The first-order chi connectivity index (χ1) is 26.0. The van der Waals surface area contributed by atoms with Crippen LogP contribution in [0.3, 0.4) is 0 Å². The van der Waals surface area contributed by atoms with E-state index in [-0.39, 0.29) is 60.1 Å². The zero-order valence-corrected chi connectivity index (χ0v) is 30.6. The number of aliphatic imine (C=N–C) groups is 1. The molecule has 3 amide bonds. The molecule has 3 aliphatic heterocycles. The normalized spacial score (nSPS) is 18.6. The number of carbonyl (C=O) groups excluding carboxylic acids is 3. The molecule has 292 valence electrons. The van der Waals surface area contributed by atoms with Gasteiger partial charge in [0.05, 0.1) is 11.9 Å². The van der Waals surface area contributed by atoms with E-state index in [0.29, 0.717) is 22.2 Å². The number of allylic oxidation sites excluding steroid dienone is 1. The number of anilines is 1. The number of carbonyl (C=O) groups is 5. The molecule has 55 heavy (non-hydrogen) atoms. The van der Waals surface area contributed by atoms with Crippen LogP contribution in [0.2, 0.25) is 0 Å². The van der Waals surface area contributed by atoms with Crippen LogP contribution in [0.1, 0.15) is 30.0 Å². The highest BCUT2D eigenvalue weighted by Gasteiger charge is 2.54. The van der Waals surface area contributed by atoms with Gasteiger partial charge in [-0.2, -0.15) is 4.73 Å². The molecule has 11 N–H and O–H groups in total. The monoisotopic (exact) mass is 801 g/mol. The number of nitrogens with one attached hydrogen (secondary N) is 3. The topological polar surface area (TPSA) is 330 Å². The molecule has 2 aromatic heterocycles. The first kappa shape index (κ1) is 39.6. The van der Waals surface area contributed by atoms with Crippen molar-refractivity contribution >= 4 is 69.4 Å². The number of thiazole rings is 1. The number of nitrogen functional groups attached to an aromatic ring is 1. The summed E-state index contributed by atoms with van der Waals surface area (Å²) < 4.78 is 0.331. The maximum Gasteiger partial charge on any atom is 0.352 e. The fourth-order valence-electron chi connectivity index (χ4n) is 5.05. The van der Waals surface area contributed by atoms with E-state index in [9.17, 15) is 49.3 Å². The summed E-state index contributed by atoms with van der Waals surface area (Å²) >= 11 is 2.21. The van der Waals surface area contributed by atoms with Gasteiger partial charge in [0.15, 0.2) is 16.6 Å². The zero-order valence-electron chi connectivity index (χ0n) is 29.0. The summed E-state index contributed by atoms with van der Waals surface area (Å²) in [5, 5.41) is 51.1. The van der Waals surface area contributed by atoms with Gasteiger partial charge in [0.1, 0.15) is 41.0 Å². The highest BCUT2D eigenvalue weighted by atomic mass is 32.2. The van der Waals surface area contributed by atoms with E-state index < -0.39 is 63.6 Å². The number of nitrogens with zero attached hydrogens (tertiary/aromatic N) is 6. The van der Waals surface area contributed by atoms with E-state index in [1.54, 1.807) is 23.3 Å². The van der Waals surface area contributed by atoms with Crippen molar-refractivity contribution in [2.24, 2.45) is 15.9 Å². The smallest absolute Gasteiger partial charge is 0.352 e. The van der Waals surface area contributed by atoms with Crippen LogP contribution in [0.5, 0.6) is 5.75 Å². The lowest BCUT2D eigenvalue weighted by atomic mass is 10.0. The molecule has 0 radical (unpaired) electrons. The number of oxime groups is 1. The maximum atomic E-state index is 13.3. The minimum atomic E-state index is -1.81. The van der Waals surface area contributed by atoms with Crippen LogP contribution in [-0.2, 0) is 24.0 Å². The van der Waals surface area contributed by atoms with Gasteiger partial charge in [-0.1, -0.05) is 17.3 Å². The Hall–Kier alpha value is -6.56. The standard InChI is InChI=1S/C31H35N11O11S2/c1-31(2,29(50)51)53-39-20(16-12-55-30(33)37-16)25(46)38-21-26(47)42-22(28(48)49)14(11-54-27(21)42)4-3-7-40-9-15(23(32)36-13-40)34-5-6-35-24(45)17-8-18(43)19(44)10-41(17)52/h3-4,8-10,12,21,27,34,44,52H,5-7,11,13H2,1-2H3,(H2,32,36)(H2,33,37)(H,35,45)(H,38,46)(H,48,49)(H,50,51)/b4-3+,39-20-/t21-,27?/m1/s1. The van der Waals surface area contributed by atoms with Gasteiger partial charge in [-0.15, -0.1) is 23.1 Å². The summed E-state index contributed by atoms with van der Waals surface area (Å²) in [6.07, 6.45) is 5.64. The molecular formula is C31H35N11O11S2. The largest absolute Gasteiger partial charge is 0.503 e. The first-order valence-electron chi connectivity index (χ1n) is 16.0. The number of aliphatic carboxylic acids is 2. The number of aromatic hydroxyl groups is 1. The van der Waals surface area contributed by atoms with Crippen molar-refractivity contribution in [2.75, 3.05) is 37.8 Å². The summed E-state index contributed by atoms with van der Waals surface area (Å²) in [6, 6.07) is -0.354. The van der Waals surface area contributed by atoms with Crippen molar-refractivity contribution in [3.05, 3.63) is 74.6 Å². The van der Waals surface area contributed by atoms with E-state index in [2.05, 4.69) is 31.1 Å². The van der Waals surface area contributed by atoms with Gasteiger partial charge in [-0.3, -0.25) is 24.1 Å². The molecule has 22 nitrogen and oxygen atoms in total. The average Bonchev–Trinajstić information content (AvgIpc) is 3.56. The number of carboxylic acid groups (broad SMARTS) is 2. The minimum Gasteiger partial charge on any atom is -0.503 e. The third-order valence-electron chi connectivity index (χ3n) is 7.99. The third-order valence-corrected chi connectivity index (χ3v) is 9.96. The van der Waals surface area contributed by atoms with Crippen molar-refractivity contribution in [3.63, 3.8) is 0 Å². The highest BCUT2D eigenvalue weighted by Crippen LogP contribution is 2.40. The minimum absolute atomic E-state index is 0.0169. The van der Waals surface area contributed by atoms with Gasteiger partial charge < -0.3 is 57.7 Å². The predicted octanol–water partition coefficient (Wildman–Crippen LogP) is -1.80. The fraction of sp³-hybridized carbons (Fsp3) is 0.323. The van der Waals surface area contributed by atoms with Gasteiger partial charge in [-0.25, -0.2) is 19.6 Å². The van der Waals surface area contributed by atoms with Crippen LogP contribution in [-0.4, -0.2) is 130 Å². The number of carboxylic acids is 2. The maximum absolute atomic E-state index is 13.3. The molecule has 0 saturated carbocycles. The summed E-state index contributed by atoms with van der Waals surface area (Å²) in [5.41, 5.74) is 8.77. The van der Waals surface area contributed by atoms with Crippen LogP contribution in [0.15, 0.2) is 67.9 Å². The van der Waals surface area contributed by atoms with E-state index in [1.165, 1.54) is 31.0 Å². The number of hydrogen-bond donors (Lipinski definition) is 9. The number of pyridine rings is 1. The summed E-state index contributed by atoms with van der Waals surface area (Å²) in [7, 11) is 0. The quantitative estimate of drug-likeness (QED) is 0.0315. The van der Waals surface area contributed by atoms with E-state index in [1.807, 2.05) is 0 Å². The van der Waals surface area contributed by atoms with Crippen LogP contribution in [0, 0.1) is 0 Å². The van der Waals surface area contributed by atoms with Gasteiger partial charge in [0.2, 0.25) is 11.0 Å². The molecule has 24 heteroatoms. The van der Waals surface area contributed by atoms with Gasteiger partial charge in [0, 0.05) is 43.0 Å². The van der Waals surface area contributed by atoms with Crippen LogP contribution >= 0.6 is 23.1 Å². The fourth-order valence-corrected chi connectivity index (χ4v) is 6.91. The number of amides is 3. The van der Waals surface area contributed by atoms with Crippen molar-refractivity contribution in [1.82, 2.24) is 35.5 Å². The number of thioether (sulfide) groups is 1. The SMILES string of the molecule is CC(C)(O/N=C(\C(=O)N[C@@H]1C(=O)N2C(C(=O)O)=C(/C=C/CN3C=C(NCCNC(=O)c4cc(=O)c(O)cn4O)C(N)=NC3)CSC12)c1csc(N)n1)C(=O)O. The Balaban J connectivity index is 1.19. The second-order valence-electron chi connectivity index (χ2n) is 12.3. The number of nitrogens with two attached hydrogens (primary N) is 2. The van der Waals surface area contributed by atoms with Crippen molar-refractivity contribution in [3.8, 4) is 5.75 Å². The Kier molecular flexibility index (Phi) is 11.7. The average molecular weight is 802 g/mol. The Morgan fingerprint density at radius 1 is 1.18 bits per heavy atom. The van der Waals surface area contributed by atoms with Crippen molar-refractivity contribution < 1.29 is 49.3 Å². The van der Waals surface area contributed by atoms with E-state index >= 15 is 0 Å². The summed E-state index contributed by atoms with van der Waals surface area (Å²) in [6.45, 7) is 3.11. The van der Waals surface area contributed by atoms with Crippen molar-refractivity contribution in [2.45, 2.75) is 30.9 Å². The molecule has 0 bridgehead atoms. The third kappa shape index (κ3) is 8.81. The lowest BCUT2D eigenvalue weighted by Crippen LogP contribution is -2.71. The second kappa shape index (κ2) is 16.2. The number of rotatable bonds is 15. The molecule has 2 atom stereocenters. The predicted molar refractivity (Wildman–Crippen MR) is 196 cm³/mol. The van der Waals surface area contributed by atoms with E-state index in [4.69, 9.17) is 16.3 Å². The Bertz CT molecular complexity index is 2140. The second-order valence-corrected chi connectivity index (χ2v) is 14.3. The molecule has 1 unspecified atom stereocenters. The molecule has 0 aromatic carbocycles. The molecule has 5 rings (SSSR count). The van der Waals surface area contributed by atoms with Gasteiger partial charge in [-0.05, 0) is 19.4 Å². The molecule has 3 aliphatic rings. The number of β-lactam (4-membered cyclic amide) rings is 1. The number of fused-ring (bicyclic) bond motifs is 1. The van der Waals surface area contributed by atoms with Crippen LogP contribution < -0.4 is 32.8 Å². The number of amidine groups is 1. The molecular weight excluding hydrogens is 767 g/mol. The van der Waals surface area contributed by atoms with Gasteiger partial charge in [0.25, 0.3) is 17.7 Å². The molecule has 5 heterocycles. The Morgan fingerprint density at radius 2 is 1.93 bits per heavy atom. The van der Waals surface area contributed by atoms with Crippen LogP contribution in [0.25, 0.3) is 0 Å². The molecule has 2 aromatic rings. The highest BCUT2D eigenvalue weighted by molar-refractivity contribution is 8.00. The summed E-state index contributed by atoms with van der Waals surface area (Å²) in [4.78, 5) is 90.7. The number of aromatic nitrogens is 2. The molecule has 0 spiro atoms. The lowest BCUT2D eigenvalue weighted by molar-refractivity contribution is -0.161. The first-order valence-corrected chi connectivity index (χ1v) is 17.9. The van der Waals surface area contributed by atoms with Crippen molar-refractivity contribution in [1.29, 1.82) is 0 Å². The van der Waals surface area contributed by atoms with Gasteiger partial charge >= 0.3 is 11.9 Å². The lowest BCUT2D eigenvalue weighted by Gasteiger charge is -2.49. The van der Waals surface area contributed by atoms with Crippen LogP contribution in [0.4, 0.5) is 5.13 Å². The Labute approximate surface area is 318 Å². The zero-order chi connectivity index (χ0) is 40.2.